The van der Waals surface area contributed by atoms with E-state index in [9.17, 15) is 4.79 Å². The highest BCUT2D eigenvalue weighted by Crippen LogP contribution is 2.33. The molecule has 2 atom stereocenters. The molecule has 3 heteroatoms. The molecule has 0 spiro atoms. The minimum absolute atomic E-state index is 0.0671. The average Bonchev–Trinajstić information content (AvgIpc) is 1.77. The first kappa shape index (κ1) is 9.52. The van der Waals surface area contributed by atoms with Crippen molar-refractivity contribution >= 4 is 5.97 Å². The van der Waals surface area contributed by atoms with E-state index in [0.717, 1.165) is 12.8 Å². The Hall–Kier alpha value is -0.570. The van der Waals surface area contributed by atoms with Gasteiger partial charge in [-0.1, -0.05) is 0 Å². The molecule has 0 aromatic heterocycles. The van der Waals surface area contributed by atoms with Crippen LogP contribution >= 0.6 is 0 Å². The topological polar surface area (TPSA) is 46.5 Å². The van der Waals surface area contributed by atoms with Crippen LogP contribution in [0.4, 0.5) is 0 Å². The Morgan fingerprint density at radius 3 is 2.25 bits per heavy atom. The lowest BCUT2D eigenvalue weighted by Gasteiger charge is -2.38. The molecule has 1 saturated carbocycles. The lowest BCUT2D eigenvalue weighted by molar-refractivity contribution is -0.167. The number of hydrogen-bond acceptors (Lipinski definition) is 2. The summed E-state index contributed by atoms with van der Waals surface area (Å²) in [6.45, 7) is 5.85. The number of aliphatic carboxylic acids is 1. The third-order valence-corrected chi connectivity index (χ3v) is 2.03. The summed E-state index contributed by atoms with van der Waals surface area (Å²) in [7, 11) is 0. The van der Waals surface area contributed by atoms with Crippen LogP contribution in [-0.4, -0.2) is 22.8 Å². The van der Waals surface area contributed by atoms with Crippen molar-refractivity contribution in [1.29, 1.82) is 0 Å². The Morgan fingerprint density at radius 2 is 2.00 bits per heavy atom. The van der Waals surface area contributed by atoms with Crippen molar-refractivity contribution in [3.05, 3.63) is 0 Å². The highest BCUT2D eigenvalue weighted by Gasteiger charge is 2.39. The number of rotatable bonds is 2. The number of hydrogen-bond donors (Lipinski definition) is 1. The molecule has 0 heterocycles. The quantitative estimate of drug-likeness (QED) is 0.689. The van der Waals surface area contributed by atoms with Gasteiger partial charge in [0.15, 0.2) is 0 Å². The minimum Gasteiger partial charge on any atom is -0.481 e. The predicted molar refractivity (Wildman–Crippen MR) is 45.0 cm³/mol. The first-order valence-corrected chi connectivity index (χ1v) is 4.31. The van der Waals surface area contributed by atoms with Gasteiger partial charge >= 0.3 is 5.97 Å². The van der Waals surface area contributed by atoms with Crippen LogP contribution in [0.25, 0.3) is 0 Å². The van der Waals surface area contributed by atoms with Crippen LogP contribution in [0.3, 0.4) is 0 Å². The van der Waals surface area contributed by atoms with Crippen molar-refractivity contribution in [3.63, 3.8) is 0 Å². The van der Waals surface area contributed by atoms with Crippen molar-refractivity contribution < 1.29 is 14.6 Å². The van der Waals surface area contributed by atoms with Gasteiger partial charge in [0, 0.05) is 0 Å². The lowest BCUT2D eigenvalue weighted by Crippen LogP contribution is -2.43. The molecule has 12 heavy (non-hydrogen) atoms. The van der Waals surface area contributed by atoms with E-state index in [4.69, 9.17) is 9.84 Å². The normalized spacial score (nSPS) is 29.6. The van der Waals surface area contributed by atoms with Gasteiger partial charge in [-0.25, -0.2) is 0 Å². The molecule has 0 aromatic carbocycles. The summed E-state index contributed by atoms with van der Waals surface area (Å²) in [5.41, 5.74) is -0.223. The minimum atomic E-state index is -0.726. The first-order chi connectivity index (χ1) is 5.40. The highest BCUT2D eigenvalue weighted by molar-refractivity contribution is 5.71. The lowest BCUT2D eigenvalue weighted by atomic mass is 9.81. The van der Waals surface area contributed by atoms with Gasteiger partial charge in [-0.05, 0) is 33.6 Å². The Balaban J connectivity index is 2.40. The fourth-order valence-corrected chi connectivity index (χ4v) is 1.35. The molecule has 0 amide bonds. The van der Waals surface area contributed by atoms with Gasteiger partial charge < -0.3 is 9.84 Å². The number of carboxylic acid groups (broad SMARTS) is 1. The van der Waals surface area contributed by atoms with Crippen LogP contribution in [0.5, 0.6) is 0 Å². The van der Waals surface area contributed by atoms with Crippen molar-refractivity contribution in [2.45, 2.75) is 45.3 Å². The molecule has 1 rings (SSSR count). The zero-order chi connectivity index (χ0) is 9.35. The predicted octanol–water partition coefficient (Wildman–Crippen LogP) is 1.66. The second-order valence-corrected chi connectivity index (χ2v) is 4.29. The molecule has 0 aromatic rings. The zero-order valence-electron chi connectivity index (χ0n) is 7.83. The summed E-state index contributed by atoms with van der Waals surface area (Å²) >= 11 is 0. The van der Waals surface area contributed by atoms with Crippen molar-refractivity contribution in [2.24, 2.45) is 5.92 Å². The molecule has 0 saturated heterocycles. The number of carboxylic acids is 1. The molecule has 1 N–H and O–H groups in total. The third-order valence-electron chi connectivity index (χ3n) is 2.03. The van der Waals surface area contributed by atoms with E-state index in [-0.39, 0.29) is 17.6 Å². The maximum Gasteiger partial charge on any atom is 0.309 e. The van der Waals surface area contributed by atoms with Crippen LogP contribution in [0, 0.1) is 5.92 Å². The summed E-state index contributed by atoms with van der Waals surface area (Å²) < 4.78 is 5.57. The molecule has 2 unspecified atom stereocenters. The summed E-state index contributed by atoms with van der Waals surface area (Å²) in [6, 6.07) is 0. The molecule has 3 nitrogen and oxygen atoms in total. The Bertz CT molecular complexity index is 181. The third kappa shape index (κ3) is 2.21. The average molecular weight is 172 g/mol. The van der Waals surface area contributed by atoms with E-state index < -0.39 is 5.97 Å². The molecule has 1 aliphatic rings. The van der Waals surface area contributed by atoms with Crippen molar-refractivity contribution in [2.75, 3.05) is 0 Å². The van der Waals surface area contributed by atoms with Gasteiger partial charge in [0.25, 0.3) is 0 Å². The molecular weight excluding hydrogens is 156 g/mol. The molecule has 70 valence electrons. The van der Waals surface area contributed by atoms with Crippen LogP contribution < -0.4 is 0 Å². The SMILES string of the molecule is CC(C)(C)OC1CCC1C(=O)O. The van der Waals surface area contributed by atoms with Gasteiger partial charge in [-0.2, -0.15) is 0 Å². The van der Waals surface area contributed by atoms with Gasteiger partial charge in [0.05, 0.1) is 17.6 Å². The van der Waals surface area contributed by atoms with Crippen LogP contribution in [0.15, 0.2) is 0 Å². The molecule has 1 fully saturated rings. The maximum atomic E-state index is 10.6. The Labute approximate surface area is 72.7 Å². The maximum absolute atomic E-state index is 10.6. The Morgan fingerprint density at radius 1 is 1.42 bits per heavy atom. The van der Waals surface area contributed by atoms with Crippen LogP contribution in [0.2, 0.25) is 0 Å². The summed E-state index contributed by atoms with van der Waals surface area (Å²) in [6.07, 6.45) is 1.58. The zero-order valence-corrected chi connectivity index (χ0v) is 7.83. The fourth-order valence-electron chi connectivity index (χ4n) is 1.35. The Kier molecular flexibility index (Phi) is 2.42. The smallest absolute Gasteiger partial charge is 0.309 e. The van der Waals surface area contributed by atoms with Crippen molar-refractivity contribution in [1.82, 2.24) is 0 Å². The molecule has 0 radical (unpaired) electrons. The summed E-state index contributed by atoms with van der Waals surface area (Å²) in [4.78, 5) is 10.6. The second-order valence-electron chi connectivity index (χ2n) is 4.29. The van der Waals surface area contributed by atoms with Crippen LogP contribution in [-0.2, 0) is 9.53 Å². The van der Waals surface area contributed by atoms with Gasteiger partial charge in [-0.15, -0.1) is 0 Å². The summed E-state index contributed by atoms with van der Waals surface area (Å²) in [5.74, 6) is -1.00. The van der Waals surface area contributed by atoms with E-state index in [1.165, 1.54) is 0 Å². The number of ether oxygens (including phenoxy) is 1. The molecule has 1 aliphatic carbocycles. The first-order valence-electron chi connectivity index (χ1n) is 4.31. The highest BCUT2D eigenvalue weighted by atomic mass is 16.5. The monoisotopic (exact) mass is 172 g/mol. The molecule has 0 bridgehead atoms. The van der Waals surface area contributed by atoms with E-state index in [1.54, 1.807) is 0 Å². The molecular formula is C9H16O3. The van der Waals surface area contributed by atoms with Crippen LogP contribution in [0.1, 0.15) is 33.6 Å². The number of carbonyl (C=O) groups is 1. The fraction of sp³-hybridized carbons (Fsp3) is 0.889. The van der Waals surface area contributed by atoms with Crippen molar-refractivity contribution in [3.8, 4) is 0 Å². The summed E-state index contributed by atoms with van der Waals surface area (Å²) in [5, 5.41) is 8.72. The van der Waals surface area contributed by atoms with Gasteiger partial charge in [0.2, 0.25) is 0 Å². The van der Waals surface area contributed by atoms with E-state index in [0.29, 0.717) is 0 Å². The molecule has 0 aliphatic heterocycles. The van der Waals surface area contributed by atoms with E-state index in [2.05, 4.69) is 0 Å². The standard InChI is InChI=1S/C9H16O3/c1-9(2,3)12-7-5-4-6(7)8(10)11/h6-7H,4-5H2,1-3H3,(H,10,11). The largest absolute Gasteiger partial charge is 0.481 e. The van der Waals surface area contributed by atoms with Gasteiger partial charge in [0.1, 0.15) is 0 Å². The van der Waals surface area contributed by atoms with Gasteiger partial charge in [-0.3, -0.25) is 4.79 Å². The van der Waals surface area contributed by atoms with E-state index >= 15 is 0 Å². The second kappa shape index (κ2) is 3.05. The van der Waals surface area contributed by atoms with E-state index in [1.807, 2.05) is 20.8 Å².